The van der Waals surface area contributed by atoms with Crippen LogP contribution in [0.5, 0.6) is 0 Å². The molecule has 1 aliphatic heterocycles. The molecule has 5 heteroatoms. The summed E-state index contributed by atoms with van der Waals surface area (Å²) in [6.07, 6.45) is 0.891. The Morgan fingerprint density at radius 1 is 1.11 bits per heavy atom. The van der Waals surface area contributed by atoms with E-state index in [1.54, 1.807) is 4.90 Å². The van der Waals surface area contributed by atoms with Crippen molar-refractivity contribution < 1.29 is 18.0 Å². The topological polar surface area (TPSA) is 20.3 Å². The summed E-state index contributed by atoms with van der Waals surface area (Å²) in [5.74, 6) is 0.228. The third-order valence-electron chi connectivity index (χ3n) is 4.19. The number of amides is 1. The van der Waals surface area contributed by atoms with Gasteiger partial charge in [0.05, 0.1) is 6.42 Å². The highest BCUT2D eigenvalue weighted by Crippen LogP contribution is 2.36. The summed E-state index contributed by atoms with van der Waals surface area (Å²) in [5.41, 5.74) is 0. The molecule has 0 spiro atoms. The van der Waals surface area contributed by atoms with Gasteiger partial charge in [-0.1, -0.05) is 12.8 Å². The average molecular weight is 263 g/mol. The van der Waals surface area contributed by atoms with Crippen LogP contribution in [-0.2, 0) is 4.79 Å². The molecule has 2 aliphatic rings. The Kier molecular flexibility index (Phi) is 4.17. The predicted octanol–water partition coefficient (Wildman–Crippen LogP) is 3.51. The third-order valence-corrected chi connectivity index (χ3v) is 4.19. The maximum atomic E-state index is 12.1. The number of carbonyl (C=O) groups excluding carboxylic acids is 1. The molecule has 0 aromatic heterocycles. The van der Waals surface area contributed by atoms with Gasteiger partial charge in [-0.25, -0.2) is 0 Å². The van der Waals surface area contributed by atoms with Crippen molar-refractivity contribution in [2.45, 2.75) is 63.6 Å². The van der Waals surface area contributed by atoms with Crippen LogP contribution in [0.3, 0.4) is 0 Å². The van der Waals surface area contributed by atoms with Gasteiger partial charge in [-0.05, 0) is 31.6 Å². The van der Waals surface area contributed by atoms with Gasteiger partial charge in [0.15, 0.2) is 0 Å². The molecule has 18 heavy (non-hydrogen) atoms. The number of alkyl halides is 3. The van der Waals surface area contributed by atoms with Crippen LogP contribution in [0.4, 0.5) is 13.2 Å². The summed E-state index contributed by atoms with van der Waals surface area (Å²) < 4.78 is 36.4. The Morgan fingerprint density at radius 3 is 2.50 bits per heavy atom. The first-order valence-corrected chi connectivity index (χ1v) is 6.83. The molecule has 2 rings (SSSR count). The molecular formula is C13H20F3NO. The minimum Gasteiger partial charge on any atom is -0.339 e. The van der Waals surface area contributed by atoms with Crippen molar-refractivity contribution in [2.24, 2.45) is 5.92 Å². The fraction of sp³-hybridized carbons (Fsp3) is 0.923. The van der Waals surface area contributed by atoms with Gasteiger partial charge < -0.3 is 4.90 Å². The van der Waals surface area contributed by atoms with E-state index in [9.17, 15) is 18.0 Å². The first kappa shape index (κ1) is 13.7. The number of hydrogen-bond donors (Lipinski definition) is 0. The lowest BCUT2D eigenvalue weighted by molar-refractivity contribution is -0.152. The fourth-order valence-electron chi connectivity index (χ4n) is 3.33. The van der Waals surface area contributed by atoms with E-state index in [0.717, 1.165) is 32.1 Å². The molecule has 0 aromatic carbocycles. The lowest BCUT2D eigenvalue weighted by Gasteiger charge is -2.44. The lowest BCUT2D eigenvalue weighted by atomic mass is 9.78. The van der Waals surface area contributed by atoms with E-state index < -0.39 is 12.6 Å². The molecule has 1 saturated heterocycles. The predicted molar refractivity (Wildman–Crippen MR) is 62.0 cm³/mol. The first-order valence-electron chi connectivity index (χ1n) is 6.83. The summed E-state index contributed by atoms with van der Waals surface area (Å²) >= 11 is 0. The van der Waals surface area contributed by atoms with Gasteiger partial charge in [-0.3, -0.25) is 4.79 Å². The van der Waals surface area contributed by atoms with E-state index in [1.807, 2.05) is 0 Å². The smallest absolute Gasteiger partial charge is 0.339 e. The second-order valence-corrected chi connectivity index (χ2v) is 5.46. The minimum absolute atomic E-state index is 0.216. The normalized spacial score (nSPS) is 28.9. The van der Waals surface area contributed by atoms with Crippen LogP contribution in [0, 0.1) is 5.92 Å². The molecule has 2 atom stereocenters. The van der Waals surface area contributed by atoms with E-state index in [4.69, 9.17) is 0 Å². The van der Waals surface area contributed by atoms with E-state index in [1.165, 1.54) is 6.42 Å². The van der Waals surface area contributed by atoms with Crippen LogP contribution in [0.25, 0.3) is 0 Å². The molecule has 1 aliphatic carbocycles. The summed E-state index contributed by atoms with van der Waals surface area (Å²) in [4.78, 5) is 13.7. The van der Waals surface area contributed by atoms with Crippen molar-refractivity contribution in [3.63, 3.8) is 0 Å². The number of halogens is 3. The van der Waals surface area contributed by atoms with Gasteiger partial charge in [0.25, 0.3) is 0 Å². The van der Waals surface area contributed by atoms with Crippen molar-refractivity contribution in [3.8, 4) is 0 Å². The first-order chi connectivity index (χ1) is 8.47. The Balaban J connectivity index is 1.91. The number of likely N-dealkylation sites (tertiary alicyclic amines) is 1. The molecule has 0 radical (unpaired) electrons. The fourth-order valence-corrected chi connectivity index (χ4v) is 3.33. The van der Waals surface area contributed by atoms with Gasteiger partial charge in [-0.2, -0.15) is 13.2 Å². The number of nitrogens with zero attached hydrogens (tertiary/aromatic N) is 1. The van der Waals surface area contributed by atoms with Crippen LogP contribution in [0.1, 0.15) is 51.4 Å². The van der Waals surface area contributed by atoms with Crippen molar-refractivity contribution in [3.05, 3.63) is 0 Å². The van der Waals surface area contributed by atoms with Gasteiger partial charge in [0.1, 0.15) is 0 Å². The molecule has 0 aromatic rings. The van der Waals surface area contributed by atoms with Crippen molar-refractivity contribution in [1.82, 2.24) is 4.90 Å². The molecule has 2 nitrogen and oxygen atoms in total. The highest BCUT2D eigenvalue weighted by Gasteiger charge is 2.37. The number of rotatable bonds is 2. The molecule has 1 saturated carbocycles. The number of carbonyl (C=O) groups is 1. The molecule has 2 fully saturated rings. The monoisotopic (exact) mass is 263 g/mol. The maximum Gasteiger partial charge on any atom is 0.389 e. The molecule has 1 heterocycles. The molecule has 104 valence electrons. The van der Waals surface area contributed by atoms with E-state index in [-0.39, 0.29) is 18.4 Å². The SMILES string of the molecule is O=C(CCC(F)(F)F)N1CCC[C@H]2CCCC[C@H]21. The molecular weight excluding hydrogens is 243 g/mol. The zero-order chi connectivity index (χ0) is 13.2. The number of piperidine rings is 1. The Morgan fingerprint density at radius 2 is 1.78 bits per heavy atom. The second kappa shape index (κ2) is 5.49. The van der Waals surface area contributed by atoms with Crippen LogP contribution < -0.4 is 0 Å². The summed E-state index contributed by atoms with van der Waals surface area (Å²) in [7, 11) is 0. The van der Waals surface area contributed by atoms with Gasteiger partial charge in [0.2, 0.25) is 5.91 Å². The molecule has 0 N–H and O–H groups in total. The number of hydrogen-bond acceptors (Lipinski definition) is 1. The minimum atomic E-state index is -4.22. The molecule has 0 bridgehead atoms. The van der Waals surface area contributed by atoms with Gasteiger partial charge >= 0.3 is 6.18 Å². The van der Waals surface area contributed by atoms with Crippen molar-refractivity contribution in [1.29, 1.82) is 0 Å². The number of fused-ring (bicyclic) bond motifs is 1. The van der Waals surface area contributed by atoms with E-state index >= 15 is 0 Å². The second-order valence-electron chi connectivity index (χ2n) is 5.46. The highest BCUT2D eigenvalue weighted by molar-refractivity contribution is 5.76. The van der Waals surface area contributed by atoms with Crippen molar-refractivity contribution >= 4 is 5.91 Å². The van der Waals surface area contributed by atoms with Crippen LogP contribution in [-0.4, -0.2) is 29.6 Å². The van der Waals surface area contributed by atoms with Crippen LogP contribution in [0.15, 0.2) is 0 Å². The largest absolute Gasteiger partial charge is 0.389 e. The molecule has 1 amide bonds. The summed E-state index contributed by atoms with van der Waals surface area (Å²) in [6.45, 7) is 0.651. The Hall–Kier alpha value is -0.740. The van der Waals surface area contributed by atoms with E-state index in [2.05, 4.69) is 0 Å². The zero-order valence-electron chi connectivity index (χ0n) is 10.5. The quantitative estimate of drug-likeness (QED) is 0.746. The van der Waals surface area contributed by atoms with Crippen LogP contribution >= 0.6 is 0 Å². The molecule has 0 unspecified atom stereocenters. The third kappa shape index (κ3) is 3.39. The highest BCUT2D eigenvalue weighted by atomic mass is 19.4. The Labute approximate surface area is 106 Å². The maximum absolute atomic E-state index is 12.1. The van der Waals surface area contributed by atoms with Gasteiger partial charge in [-0.15, -0.1) is 0 Å². The zero-order valence-corrected chi connectivity index (χ0v) is 10.5. The summed E-state index contributed by atoms with van der Waals surface area (Å²) in [5, 5.41) is 0. The lowest BCUT2D eigenvalue weighted by Crippen LogP contribution is -2.49. The standard InChI is InChI=1S/C13H20F3NO/c14-13(15,16)8-7-12(18)17-9-3-5-10-4-1-2-6-11(10)17/h10-11H,1-9H2/t10-,11-/m1/s1. The van der Waals surface area contributed by atoms with Crippen LogP contribution in [0.2, 0.25) is 0 Å². The average Bonchev–Trinajstić information content (AvgIpc) is 2.34. The van der Waals surface area contributed by atoms with Gasteiger partial charge in [0, 0.05) is 19.0 Å². The summed E-state index contributed by atoms with van der Waals surface area (Å²) in [6, 6.07) is 0.216. The van der Waals surface area contributed by atoms with E-state index in [0.29, 0.717) is 12.5 Å². The Bertz CT molecular complexity index is 301. The van der Waals surface area contributed by atoms with Crippen molar-refractivity contribution in [2.75, 3.05) is 6.54 Å².